The van der Waals surface area contributed by atoms with Gasteiger partial charge in [0, 0.05) is 43.9 Å². The third-order valence-corrected chi connectivity index (χ3v) is 4.26. The van der Waals surface area contributed by atoms with E-state index in [0.717, 1.165) is 12.1 Å². The van der Waals surface area contributed by atoms with E-state index >= 15 is 0 Å². The van der Waals surface area contributed by atoms with Gasteiger partial charge in [-0.2, -0.15) is 0 Å². The lowest BCUT2D eigenvalue weighted by molar-refractivity contribution is -0.274. The summed E-state index contributed by atoms with van der Waals surface area (Å²) in [5, 5.41) is 3.11. The molecular formula is C18H16F6N2O. The van der Waals surface area contributed by atoms with Crippen molar-refractivity contribution in [1.82, 2.24) is 10.2 Å². The fourth-order valence-electron chi connectivity index (χ4n) is 3.17. The van der Waals surface area contributed by atoms with Crippen molar-refractivity contribution in [3.05, 3.63) is 65.0 Å². The summed E-state index contributed by atoms with van der Waals surface area (Å²) in [7, 11) is 0. The molecule has 1 atom stereocenters. The number of alkyl halides is 3. The van der Waals surface area contributed by atoms with E-state index in [-0.39, 0.29) is 5.56 Å². The zero-order chi connectivity index (χ0) is 19.6. The Balaban J connectivity index is 2.00. The number of nitrogens with one attached hydrogen (secondary N) is 1. The van der Waals surface area contributed by atoms with E-state index in [1.165, 1.54) is 12.1 Å². The maximum Gasteiger partial charge on any atom is 0.573 e. The van der Waals surface area contributed by atoms with Gasteiger partial charge < -0.3 is 10.1 Å². The van der Waals surface area contributed by atoms with Crippen LogP contribution in [0.25, 0.3) is 0 Å². The van der Waals surface area contributed by atoms with Gasteiger partial charge in [0.25, 0.3) is 0 Å². The lowest BCUT2D eigenvalue weighted by Crippen LogP contribution is -2.45. The predicted molar refractivity (Wildman–Crippen MR) is 85.7 cm³/mol. The van der Waals surface area contributed by atoms with Crippen LogP contribution in [0.3, 0.4) is 0 Å². The first-order valence-corrected chi connectivity index (χ1v) is 8.19. The van der Waals surface area contributed by atoms with Crippen LogP contribution >= 0.6 is 0 Å². The molecule has 3 nitrogen and oxygen atoms in total. The molecule has 27 heavy (non-hydrogen) atoms. The first kappa shape index (κ1) is 19.5. The molecule has 0 saturated carbocycles. The maximum atomic E-state index is 14.4. The van der Waals surface area contributed by atoms with Crippen LogP contribution in [0.1, 0.15) is 17.2 Å². The monoisotopic (exact) mass is 390 g/mol. The van der Waals surface area contributed by atoms with Crippen molar-refractivity contribution >= 4 is 0 Å². The standard InChI is InChI=1S/C18H16F6N2O/c19-12-9-14(20)16(15(21)10-12)17(26-7-5-25-6-8-26)11-1-3-13(4-2-11)27-18(22,23)24/h1-4,9-10,17,25H,5-8H2/t17-/m1/s1. The zero-order valence-electron chi connectivity index (χ0n) is 14.0. The lowest BCUT2D eigenvalue weighted by atomic mass is 9.95. The summed E-state index contributed by atoms with van der Waals surface area (Å²) in [5.41, 5.74) is 0.0265. The van der Waals surface area contributed by atoms with Crippen molar-refractivity contribution in [2.24, 2.45) is 0 Å². The zero-order valence-corrected chi connectivity index (χ0v) is 14.0. The fraction of sp³-hybridized carbons (Fsp3) is 0.333. The molecule has 1 aliphatic heterocycles. The van der Waals surface area contributed by atoms with Gasteiger partial charge in [0.15, 0.2) is 0 Å². The van der Waals surface area contributed by atoms with Crippen molar-refractivity contribution < 1.29 is 31.1 Å². The van der Waals surface area contributed by atoms with Gasteiger partial charge >= 0.3 is 6.36 Å². The molecule has 9 heteroatoms. The molecule has 2 aromatic carbocycles. The van der Waals surface area contributed by atoms with Crippen LogP contribution < -0.4 is 10.1 Å². The van der Waals surface area contributed by atoms with Crippen LogP contribution in [0, 0.1) is 17.5 Å². The Morgan fingerprint density at radius 2 is 1.48 bits per heavy atom. The highest BCUT2D eigenvalue weighted by atomic mass is 19.4. The molecule has 3 rings (SSSR count). The molecule has 0 unspecified atom stereocenters. The Labute approximate surface area is 151 Å². The molecular weight excluding hydrogens is 374 g/mol. The second kappa shape index (κ2) is 7.77. The Bertz CT molecular complexity index is 764. The molecule has 0 amide bonds. The maximum absolute atomic E-state index is 14.4. The Kier molecular flexibility index (Phi) is 5.61. The van der Waals surface area contributed by atoms with Gasteiger partial charge in [-0.3, -0.25) is 4.90 Å². The molecule has 1 N–H and O–H groups in total. The SMILES string of the molecule is Fc1cc(F)c([C@@H](c2ccc(OC(F)(F)F)cc2)N2CCNCC2)c(F)c1. The number of hydrogen-bond donors (Lipinski definition) is 1. The van der Waals surface area contributed by atoms with Gasteiger partial charge in [-0.05, 0) is 17.7 Å². The van der Waals surface area contributed by atoms with E-state index in [0.29, 0.717) is 43.9 Å². The smallest absolute Gasteiger partial charge is 0.406 e. The van der Waals surface area contributed by atoms with Crippen molar-refractivity contribution in [1.29, 1.82) is 0 Å². The summed E-state index contributed by atoms with van der Waals surface area (Å²) < 4.78 is 82.9. The third kappa shape index (κ3) is 4.72. The van der Waals surface area contributed by atoms with Gasteiger partial charge in [0.1, 0.15) is 23.2 Å². The molecule has 146 valence electrons. The topological polar surface area (TPSA) is 24.5 Å². The summed E-state index contributed by atoms with van der Waals surface area (Å²) in [6.07, 6.45) is -4.84. The Morgan fingerprint density at radius 3 is 2.00 bits per heavy atom. The van der Waals surface area contributed by atoms with E-state index in [2.05, 4.69) is 10.1 Å². The van der Waals surface area contributed by atoms with Gasteiger partial charge in [-0.15, -0.1) is 13.2 Å². The number of piperazine rings is 1. The average molecular weight is 390 g/mol. The van der Waals surface area contributed by atoms with Gasteiger partial charge in [-0.25, -0.2) is 13.2 Å². The van der Waals surface area contributed by atoms with Gasteiger partial charge in [-0.1, -0.05) is 12.1 Å². The minimum absolute atomic E-state index is 0.345. The third-order valence-electron chi connectivity index (χ3n) is 4.26. The Hall–Kier alpha value is -2.26. The number of hydrogen-bond acceptors (Lipinski definition) is 3. The second-order valence-corrected chi connectivity index (χ2v) is 6.09. The molecule has 0 aromatic heterocycles. The van der Waals surface area contributed by atoms with Gasteiger partial charge in [0.2, 0.25) is 0 Å². The molecule has 0 aliphatic carbocycles. The van der Waals surface area contributed by atoms with Crippen molar-refractivity contribution in [2.45, 2.75) is 12.4 Å². The van der Waals surface area contributed by atoms with Gasteiger partial charge in [0.05, 0.1) is 6.04 Å². The summed E-state index contributed by atoms with van der Waals surface area (Å²) in [5.74, 6) is -3.58. The predicted octanol–water partition coefficient (Wildman–Crippen LogP) is 4.00. The average Bonchev–Trinajstić information content (AvgIpc) is 2.58. The Morgan fingerprint density at radius 1 is 0.926 bits per heavy atom. The molecule has 0 radical (unpaired) electrons. The van der Waals surface area contributed by atoms with Crippen molar-refractivity contribution in [2.75, 3.05) is 26.2 Å². The first-order valence-electron chi connectivity index (χ1n) is 8.19. The fourth-order valence-corrected chi connectivity index (χ4v) is 3.17. The molecule has 0 spiro atoms. The number of benzene rings is 2. The largest absolute Gasteiger partial charge is 0.573 e. The quantitative estimate of drug-likeness (QED) is 0.799. The van der Waals surface area contributed by atoms with Crippen LogP contribution in [0.15, 0.2) is 36.4 Å². The highest BCUT2D eigenvalue weighted by molar-refractivity contribution is 5.37. The number of halogens is 6. The summed E-state index contributed by atoms with van der Waals surface area (Å²) >= 11 is 0. The van der Waals surface area contributed by atoms with Crippen molar-refractivity contribution in [3.8, 4) is 5.75 Å². The lowest BCUT2D eigenvalue weighted by Gasteiger charge is -2.35. The molecule has 1 fully saturated rings. The van der Waals surface area contributed by atoms with Crippen LogP contribution in [0.5, 0.6) is 5.75 Å². The van der Waals surface area contributed by atoms with E-state index in [4.69, 9.17) is 0 Å². The molecule has 1 saturated heterocycles. The van der Waals surface area contributed by atoms with Crippen LogP contribution in [0.2, 0.25) is 0 Å². The number of nitrogens with zero attached hydrogens (tertiary/aromatic N) is 1. The molecule has 2 aromatic rings. The van der Waals surface area contributed by atoms with Crippen LogP contribution in [-0.2, 0) is 0 Å². The number of rotatable bonds is 4. The first-order chi connectivity index (χ1) is 12.7. The normalized spacial score (nSPS) is 17.0. The van der Waals surface area contributed by atoms with Crippen LogP contribution in [0.4, 0.5) is 26.3 Å². The van der Waals surface area contributed by atoms with E-state index < -0.39 is 35.6 Å². The molecule has 1 heterocycles. The minimum Gasteiger partial charge on any atom is -0.406 e. The van der Waals surface area contributed by atoms with Crippen LogP contribution in [-0.4, -0.2) is 37.4 Å². The summed E-state index contributed by atoms with van der Waals surface area (Å²) in [6.45, 7) is 2.08. The van der Waals surface area contributed by atoms with E-state index in [1.54, 1.807) is 4.90 Å². The van der Waals surface area contributed by atoms with E-state index in [1.807, 2.05) is 0 Å². The number of ether oxygens (including phenoxy) is 1. The molecule has 1 aliphatic rings. The van der Waals surface area contributed by atoms with E-state index in [9.17, 15) is 26.3 Å². The summed E-state index contributed by atoms with van der Waals surface area (Å²) in [4.78, 5) is 1.79. The van der Waals surface area contributed by atoms with Crippen molar-refractivity contribution in [3.63, 3.8) is 0 Å². The minimum atomic E-state index is -4.84. The highest BCUT2D eigenvalue weighted by Gasteiger charge is 2.32. The summed E-state index contributed by atoms with van der Waals surface area (Å²) in [6, 6.07) is 5.07. The molecule has 0 bridgehead atoms. The second-order valence-electron chi connectivity index (χ2n) is 6.09. The highest BCUT2D eigenvalue weighted by Crippen LogP contribution is 2.34.